The van der Waals surface area contributed by atoms with Gasteiger partial charge in [0.1, 0.15) is 23.1 Å². The predicted octanol–water partition coefficient (Wildman–Crippen LogP) is 5.68. The van der Waals surface area contributed by atoms with Gasteiger partial charge in [-0.1, -0.05) is 29.8 Å². The van der Waals surface area contributed by atoms with Crippen LogP contribution < -0.4 is 15.4 Å². The number of hydrogen-bond acceptors (Lipinski definition) is 8. The Balaban J connectivity index is 1.58. The van der Waals surface area contributed by atoms with E-state index in [4.69, 9.17) is 21.7 Å². The topological polar surface area (TPSA) is 116 Å². The lowest BCUT2D eigenvalue weighted by Gasteiger charge is -2.15. The summed E-state index contributed by atoms with van der Waals surface area (Å²) < 4.78 is 34.1. The fourth-order valence-electron chi connectivity index (χ4n) is 3.35. The SMILES string of the molecule is CCOc1cc(F)c(CNc2ccccc2C(=N)c2ncc(O)c(Nc3ccncc3Cl)n2)c(F)c1. The zero-order valence-corrected chi connectivity index (χ0v) is 19.8. The van der Waals surface area contributed by atoms with Crippen LogP contribution in [-0.2, 0) is 6.54 Å². The number of hydrogen-bond donors (Lipinski definition) is 4. The molecule has 0 amide bonds. The highest BCUT2D eigenvalue weighted by Crippen LogP contribution is 2.29. The maximum absolute atomic E-state index is 14.5. The highest BCUT2D eigenvalue weighted by molar-refractivity contribution is 6.33. The van der Waals surface area contributed by atoms with Crippen LogP contribution in [0.3, 0.4) is 0 Å². The number of rotatable bonds is 9. The van der Waals surface area contributed by atoms with Gasteiger partial charge in [-0.15, -0.1) is 0 Å². The minimum absolute atomic E-state index is 0.00755. The fourth-order valence-corrected chi connectivity index (χ4v) is 3.52. The summed E-state index contributed by atoms with van der Waals surface area (Å²) in [5, 5.41) is 25.1. The first kappa shape index (κ1) is 24.8. The summed E-state index contributed by atoms with van der Waals surface area (Å²) in [6.45, 7) is 1.85. The van der Waals surface area contributed by atoms with Crippen LogP contribution in [0.4, 0.5) is 26.0 Å². The number of nitrogens with zero attached hydrogens (tertiary/aromatic N) is 3. The van der Waals surface area contributed by atoms with E-state index in [2.05, 4.69) is 25.6 Å². The monoisotopic (exact) mass is 510 g/mol. The smallest absolute Gasteiger partial charge is 0.180 e. The summed E-state index contributed by atoms with van der Waals surface area (Å²) in [4.78, 5) is 12.2. The van der Waals surface area contributed by atoms with E-state index in [1.807, 2.05) is 0 Å². The molecule has 2 aromatic heterocycles. The summed E-state index contributed by atoms with van der Waals surface area (Å²) in [5.41, 5.74) is 1.05. The zero-order chi connectivity index (χ0) is 25.7. The third kappa shape index (κ3) is 5.49. The number of benzene rings is 2. The van der Waals surface area contributed by atoms with Crippen LogP contribution in [0.2, 0.25) is 5.02 Å². The van der Waals surface area contributed by atoms with E-state index in [1.165, 1.54) is 12.4 Å². The number of ether oxygens (including phenoxy) is 1. The van der Waals surface area contributed by atoms with Crippen LogP contribution in [0.15, 0.2) is 61.1 Å². The maximum atomic E-state index is 14.5. The van der Waals surface area contributed by atoms with Gasteiger partial charge in [-0.25, -0.2) is 18.7 Å². The second kappa shape index (κ2) is 11.0. The normalized spacial score (nSPS) is 10.7. The highest BCUT2D eigenvalue weighted by atomic mass is 35.5. The number of aromatic hydroxyl groups is 1. The molecule has 8 nitrogen and oxygen atoms in total. The molecule has 0 aliphatic rings. The number of aromatic nitrogens is 3. The van der Waals surface area contributed by atoms with Crippen LogP contribution in [0.5, 0.6) is 11.5 Å². The van der Waals surface area contributed by atoms with Gasteiger partial charge in [0.2, 0.25) is 0 Å². The Labute approximate surface area is 210 Å². The summed E-state index contributed by atoms with van der Waals surface area (Å²) in [5.74, 6) is -1.57. The second-order valence-electron chi connectivity index (χ2n) is 7.48. The van der Waals surface area contributed by atoms with Crippen LogP contribution in [0.25, 0.3) is 0 Å². The standard InChI is InChI=1S/C25H21ClF2N6O2/c1-2-36-14-9-18(27)16(19(28)10-14)11-31-20-6-4-3-5-15(20)23(29)25-32-13-22(35)24(34-25)33-21-7-8-30-12-17(21)26/h3-10,12-13,29,31,35H,2,11H2,1H3,(H,30,32,33,34). The van der Waals surface area contributed by atoms with E-state index in [0.29, 0.717) is 22.0 Å². The van der Waals surface area contributed by atoms with Gasteiger partial charge in [0.25, 0.3) is 0 Å². The number of nitrogens with one attached hydrogen (secondary N) is 3. The Bertz CT molecular complexity index is 1400. The molecule has 0 aliphatic heterocycles. The molecule has 0 bridgehead atoms. The molecule has 0 saturated heterocycles. The molecule has 184 valence electrons. The summed E-state index contributed by atoms with van der Waals surface area (Å²) in [6, 6.07) is 10.6. The van der Waals surface area contributed by atoms with Crippen LogP contribution >= 0.6 is 11.6 Å². The van der Waals surface area contributed by atoms with Crippen molar-refractivity contribution in [1.29, 1.82) is 5.41 Å². The summed E-state index contributed by atoms with van der Waals surface area (Å²) in [7, 11) is 0. The molecular formula is C25H21ClF2N6O2. The van der Waals surface area contributed by atoms with Crippen molar-refractivity contribution < 1.29 is 18.6 Å². The van der Waals surface area contributed by atoms with E-state index < -0.39 is 11.6 Å². The first-order chi connectivity index (χ1) is 17.4. The lowest BCUT2D eigenvalue weighted by atomic mass is 10.1. The molecule has 2 aromatic carbocycles. The van der Waals surface area contributed by atoms with E-state index in [0.717, 1.165) is 18.3 Å². The largest absolute Gasteiger partial charge is 0.503 e. The van der Waals surface area contributed by atoms with Gasteiger partial charge in [0.15, 0.2) is 17.4 Å². The van der Waals surface area contributed by atoms with Crippen molar-refractivity contribution in [3.05, 3.63) is 94.7 Å². The summed E-state index contributed by atoms with van der Waals surface area (Å²) >= 11 is 6.12. The van der Waals surface area contributed by atoms with Crippen LogP contribution in [-0.4, -0.2) is 32.4 Å². The average Bonchev–Trinajstić information content (AvgIpc) is 2.86. The molecule has 2 heterocycles. The predicted molar refractivity (Wildman–Crippen MR) is 133 cm³/mol. The Morgan fingerprint density at radius 2 is 1.86 bits per heavy atom. The van der Waals surface area contributed by atoms with Crippen molar-refractivity contribution in [2.24, 2.45) is 0 Å². The van der Waals surface area contributed by atoms with Gasteiger partial charge < -0.3 is 20.5 Å². The van der Waals surface area contributed by atoms with Gasteiger partial charge in [0, 0.05) is 47.9 Å². The average molecular weight is 511 g/mol. The number of anilines is 3. The second-order valence-corrected chi connectivity index (χ2v) is 7.89. The Hall–Kier alpha value is -4.31. The lowest BCUT2D eigenvalue weighted by Crippen LogP contribution is -2.13. The van der Waals surface area contributed by atoms with Gasteiger partial charge in [-0.2, -0.15) is 0 Å². The van der Waals surface area contributed by atoms with Gasteiger partial charge >= 0.3 is 0 Å². The molecule has 0 radical (unpaired) electrons. The lowest BCUT2D eigenvalue weighted by molar-refractivity contribution is 0.335. The maximum Gasteiger partial charge on any atom is 0.180 e. The quantitative estimate of drug-likeness (QED) is 0.214. The zero-order valence-electron chi connectivity index (χ0n) is 19.0. The molecule has 0 unspecified atom stereocenters. The molecule has 0 spiro atoms. The van der Waals surface area contributed by atoms with E-state index in [1.54, 1.807) is 37.3 Å². The first-order valence-electron chi connectivity index (χ1n) is 10.8. The van der Waals surface area contributed by atoms with Crippen LogP contribution in [0, 0.1) is 17.0 Å². The van der Waals surface area contributed by atoms with Crippen molar-refractivity contribution in [2.45, 2.75) is 13.5 Å². The van der Waals surface area contributed by atoms with Crippen LogP contribution in [0.1, 0.15) is 23.9 Å². The van der Waals surface area contributed by atoms with E-state index in [-0.39, 0.29) is 47.6 Å². The van der Waals surface area contributed by atoms with Crippen molar-refractivity contribution in [3.8, 4) is 11.5 Å². The van der Waals surface area contributed by atoms with Crippen molar-refractivity contribution in [2.75, 3.05) is 17.2 Å². The molecule has 0 aliphatic carbocycles. The number of pyridine rings is 1. The molecule has 4 aromatic rings. The molecule has 0 saturated carbocycles. The molecule has 0 atom stereocenters. The van der Waals surface area contributed by atoms with E-state index in [9.17, 15) is 13.9 Å². The molecule has 4 rings (SSSR count). The molecule has 4 N–H and O–H groups in total. The molecule has 11 heteroatoms. The first-order valence-corrected chi connectivity index (χ1v) is 11.2. The van der Waals surface area contributed by atoms with Crippen molar-refractivity contribution in [1.82, 2.24) is 15.0 Å². The van der Waals surface area contributed by atoms with Crippen molar-refractivity contribution in [3.63, 3.8) is 0 Å². The van der Waals surface area contributed by atoms with Gasteiger partial charge in [-0.05, 0) is 19.1 Å². The van der Waals surface area contributed by atoms with Gasteiger partial charge in [0.05, 0.1) is 23.5 Å². The Morgan fingerprint density at radius 3 is 2.58 bits per heavy atom. The Kier molecular flexibility index (Phi) is 7.55. The number of halogens is 3. The molecule has 0 fully saturated rings. The van der Waals surface area contributed by atoms with E-state index >= 15 is 0 Å². The van der Waals surface area contributed by atoms with Crippen molar-refractivity contribution >= 4 is 34.5 Å². The highest BCUT2D eigenvalue weighted by Gasteiger charge is 2.17. The number of para-hydroxylation sites is 1. The minimum Gasteiger partial charge on any atom is -0.503 e. The third-order valence-electron chi connectivity index (χ3n) is 5.10. The molecule has 36 heavy (non-hydrogen) atoms. The summed E-state index contributed by atoms with van der Waals surface area (Å²) in [6.07, 6.45) is 4.12. The molecular weight excluding hydrogens is 490 g/mol. The van der Waals surface area contributed by atoms with Gasteiger partial charge in [-0.3, -0.25) is 10.4 Å². The fraction of sp³-hybridized carbons (Fsp3) is 0.120. The third-order valence-corrected chi connectivity index (χ3v) is 5.40. The Morgan fingerprint density at radius 1 is 1.11 bits per heavy atom. The minimum atomic E-state index is -0.745.